The van der Waals surface area contributed by atoms with E-state index in [-0.39, 0.29) is 6.61 Å². The lowest BCUT2D eigenvalue weighted by Gasteiger charge is -2.13. The van der Waals surface area contributed by atoms with Gasteiger partial charge >= 0.3 is 0 Å². The molecule has 0 heterocycles. The first-order chi connectivity index (χ1) is 9.67. The number of hydrogen-bond donors (Lipinski definition) is 1. The molecule has 0 atom stereocenters. The number of nitriles is 1. The standard InChI is InChI=1S/C15H12BrNO3/c1-19-15-6-10(8-17)2-5-13(15)20-14-7-12(16)4-3-11(14)9-18/h2-7,18H,9H2,1H3. The van der Waals surface area contributed by atoms with Crippen LogP contribution in [0.5, 0.6) is 17.2 Å². The molecule has 2 rings (SSSR count). The van der Waals surface area contributed by atoms with Crippen molar-refractivity contribution in [3.05, 3.63) is 52.0 Å². The summed E-state index contributed by atoms with van der Waals surface area (Å²) in [6, 6.07) is 12.3. The Labute approximate surface area is 125 Å². The van der Waals surface area contributed by atoms with E-state index in [2.05, 4.69) is 15.9 Å². The molecule has 0 saturated heterocycles. The first kappa shape index (κ1) is 14.4. The van der Waals surface area contributed by atoms with Crippen LogP contribution in [0.25, 0.3) is 0 Å². The van der Waals surface area contributed by atoms with Gasteiger partial charge in [-0.3, -0.25) is 0 Å². The van der Waals surface area contributed by atoms with E-state index in [0.29, 0.717) is 28.4 Å². The Bertz CT molecular complexity index is 665. The molecule has 4 nitrogen and oxygen atoms in total. The zero-order valence-corrected chi connectivity index (χ0v) is 12.3. The van der Waals surface area contributed by atoms with Crippen LogP contribution < -0.4 is 9.47 Å². The van der Waals surface area contributed by atoms with Gasteiger partial charge in [0.15, 0.2) is 11.5 Å². The number of hydrogen-bond acceptors (Lipinski definition) is 4. The molecule has 2 aromatic carbocycles. The number of aliphatic hydroxyl groups is 1. The lowest BCUT2D eigenvalue weighted by atomic mass is 10.2. The van der Waals surface area contributed by atoms with Gasteiger partial charge in [-0.2, -0.15) is 5.26 Å². The second-order valence-corrected chi connectivity index (χ2v) is 4.91. The normalized spacial score (nSPS) is 9.90. The van der Waals surface area contributed by atoms with Gasteiger partial charge in [0, 0.05) is 16.1 Å². The molecule has 0 fully saturated rings. The quantitative estimate of drug-likeness (QED) is 0.928. The summed E-state index contributed by atoms with van der Waals surface area (Å²) < 4.78 is 11.8. The Morgan fingerprint density at radius 3 is 2.60 bits per heavy atom. The third kappa shape index (κ3) is 3.10. The van der Waals surface area contributed by atoms with Crippen LogP contribution in [0.4, 0.5) is 0 Å². The van der Waals surface area contributed by atoms with E-state index in [0.717, 1.165) is 4.47 Å². The summed E-state index contributed by atoms with van der Waals surface area (Å²) in [6.07, 6.45) is 0. The smallest absolute Gasteiger partial charge is 0.169 e. The Hall–Kier alpha value is -2.03. The fraction of sp³-hybridized carbons (Fsp3) is 0.133. The number of aliphatic hydroxyl groups excluding tert-OH is 1. The highest BCUT2D eigenvalue weighted by atomic mass is 79.9. The highest BCUT2D eigenvalue weighted by molar-refractivity contribution is 9.10. The van der Waals surface area contributed by atoms with Crippen molar-refractivity contribution in [1.82, 2.24) is 0 Å². The van der Waals surface area contributed by atoms with E-state index in [9.17, 15) is 5.11 Å². The van der Waals surface area contributed by atoms with E-state index in [4.69, 9.17) is 14.7 Å². The van der Waals surface area contributed by atoms with Gasteiger partial charge in [-0.05, 0) is 24.3 Å². The van der Waals surface area contributed by atoms with Gasteiger partial charge in [0.25, 0.3) is 0 Å². The topological polar surface area (TPSA) is 62.5 Å². The van der Waals surface area contributed by atoms with Gasteiger partial charge in [0.2, 0.25) is 0 Å². The van der Waals surface area contributed by atoms with E-state index >= 15 is 0 Å². The number of ether oxygens (including phenoxy) is 2. The fourth-order valence-electron chi connectivity index (χ4n) is 1.69. The Balaban J connectivity index is 2.39. The fourth-order valence-corrected chi connectivity index (χ4v) is 2.03. The van der Waals surface area contributed by atoms with E-state index in [1.807, 2.05) is 12.1 Å². The first-order valence-corrected chi connectivity index (χ1v) is 6.62. The SMILES string of the molecule is COc1cc(C#N)ccc1Oc1cc(Br)ccc1CO. The van der Waals surface area contributed by atoms with Gasteiger partial charge in [-0.1, -0.05) is 22.0 Å². The molecule has 0 aliphatic rings. The molecular formula is C15H12BrNO3. The molecule has 0 radical (unpaired) electrons. The molecule has 0 aliphatic heterocycles. The maximum atomic E-state index is 9.33. The monoisotopic (exact) mass is 333 g/mol. The number of nitrogens with zero attached hydrogens (tertiary/aromatic N) is 1. The van der Waals surface area contributed by atoms with Crippen LogP contribution in [0, 0.1) is 11.3 Å². The predicted octanol–water partition coefficient (Wildman–Crippen LogP) is 3.61. The molecule has 0 amide bonds. The Morgan fingerprint density at radius 2 is 1.95 bits per heavy atom. The molecular weight excluding hydrogens is 322 g/mol. The summed E-state index contributed by atoms with van der Waals surface area (Å²) in [5, 5.41) is 18.2. The summed E-state index contributed by atoms with van der Waals surface area (Å²) in [5.74, 6) is 1.48. The Kier molecular flexibility index (Phi) is 4.61. The van der Waals surface area contributed by atoms with Crippen molar-refractivity contribution in [2.45, 2.75) is 6.61 Å². The van der Waals surface area contributed by atoms with Crippen LogP contribution in [-0.4, -0.2) is 12.2 Å². The van der Waals surface area contributed by atoms with Crippen LogP contribution in [0.3, 0.4) is 0 Å². The van der Waals surface area contributed by atoms with Crippen molar-refractivity contribution < 1.29 is 14.6 Å². The van der Waals surface area contributed by atoms with Crippen LogP contribution in [0.1, 0.15) is 11.1 Å². The molecule has 2 aromatic rings. The average Bonchev–Trinajstić information content (AvgIpc) is 2.48. The van der Waals surface area contributed by atoms with Crippen molar-refractivity contribution in [1.29, 1.82) is 5.26 Å². The van der Waals surface area contributed by atoms with Crippen molar-refractivity contribution in [3.8, 4) is 23.3 Å². The molecule has 0 bridgehead atoms. The lowest BCUT2D eigenvalue weighted by molar-refractivity contribution is 0.275. The number of benzene rings is 2. The van der Waals surface area contributed by atoms with Crippen LogP contribution in [-0.2, 0) is 6.61 Å². The molecule has 102 valence electrons. The summed E-state index contributed by atoms with van der Waals surface area (Å²) in [6.45, 7) is -0.124. The molecule has 0 spiro atoms. The minimum atomic E-state index is -0.124. The molecule has 5 heteroatoms. The van der Waals surface area contributed by atoms with Gasteiger partial charge in [-0.15, -0.1) is 0 Å². The van der Waals surface area contributed by atoms with Gasteiger partial charge in [0.05, 0.1) is 25.3 Å². The molecule has 1 N–H and O–H groups in total. The lowest BCUT2D eigenvalue weighted by Crippen LogP contribution is -1.95. The number of halogens is 1. The molecule has 0 saturated carbocycles. The van der Waals surface area contributed by atoms with Crippen molar-refractivity contribution >= 4 is 15.9 Å². The van der Waals surface area contributed by atoms with Crippen molar-refractivity contribution in [2.24, 2.45) is 0 Å². The number of rotatable bonds is 4. The third-order valence-electron chi connectivity index (χ3n) is 2.71. The maximum Gasteiger partial charge on any atom is 0.169 e. The zero-order chi connectivity index (χ0) is 14.5. The van der Waals surface area contributed by atoms with Crippen LogP contribution in [0.15, 0.2) is 40.9 Å². The van der Waals surface area contributed by atoms with Crippen molar-refractivity contribution in [2.75, 3.05) is 7.11 Å². The van der Waals surface area contributed by atoms with Gasteiger partial charge in [-0.25, -0.2) is 0 Å². The zero-order valence-electron chi connectivity index (χ0n) is 10.8. The highest BCUT2D eigenvalue weighted by Crippen LogP contribution is 2.35. The molecule has 0 aromatic heterocycles. The summed E-state index contributed by atoms with van der Waals surface area (Å²) in [5.41, 5.74) is 1.16. The van der Waals surface area contributed by atoms with E-state index in [1.165, 1.54) is 7.11 Å². The predicted molar refractivity (Wildman–Crippen MR) is 77.8 cm³/mol. The maximum absolute atomic E-state index is 9.33. The second-order valence-electron chi connectivity index (χ2n) is 3.99. The summed E-state index contributed by atoms with van der Waals surface area (Å²) in [7, 11) is 1.51. The van der Waals surface area contributed by atoms with Crippen LogP contribution >= 0.6 is 15.9 Å². The second kappa shape index (κ2) is 6.42. The van der Waals surface area contributed by atoms with Crippen molar-refractivity contribution in [3.63, 3.8) is 0 Å². The van der Waals surface area contributed by atoms with E-state index in [1.54, 1.807) is 30.3 Å². The van der Waals surface area contributed by atoms with Crippen LogP contribution in [0.2, 0.25) is 0 Å². The molecule has 20 heavy (non-hydrogen) atoms. The first-order valence-electron chi connectivity index (χ1n) is 5.83. The summed E-state index contributed by atoms with van der Waals surface area (Å²) >= 11 is 3.36. The third-order valence-corrected chi connectivity index (χ3v) is 3.21. The minimum absolute atomic E-state index is 0.124. The summed E-state index contributed by atoms with van der Waals surface area (Å²) in [4.78, 5) is 0. The minimum Gasteiger partial charge on any atom is -0.493 e. The number of methoxy groups -OCH3 is 1. The molecule has 0 aliphatic carbocycles. The Morgan fingerprint density at radius 1 is 1.15 bits per heavy atom. The average molecular weight is 334 g/mol. The highest BCUT2D eigenvalue weighted by Gasteiger charge is 2.10. The molecule has 0 unspecified atom stereocenters. The van der Waals surface area contributed by atoms with E-state index < -0.39 is 0 Å². The largest absolute Gasteiger partial charge is 0.493 e. The van der Waals surface area contributed by atoms with Gasteiger partial charge < -0.3 is 14.6 Å². The van der Waals surface area contributed by atoms with Gasteiger partial charge in [0.1, 0.15) is 5.75 Å².